The highest BCUT2D eigenvalue weighted by Gasteiger charge is 2.42. The van der Waals surface area contributed by atoms with Crippen LogP contribution in [0.15, 0.2) is 0 Å². The van der Waals surface area contributed by atoms with E-state index in [9.17, 15) is 26.3 Å². The first kappa shape index (κ1) is 14.5. The van der Waals surface area contributed by atoms with Crippen molar-refractivity contribution < 1.29 is 31.1 Å². The predicted molar refractivity (Wildman–Crippen MR) is 41.6 cm³/mol. The maximum Gasteiger partial charge on any atom is 0.281 e. The zero-order valence-electron chi connectivity index (χ0n) is 8.24. The van der Waals surface area contributed by atoms with E-state index in [4.69, 9.17) is 0 Å². The molecule has 0 saturated heterocycles. The van der Waals surface area contributed by atoms with Crippen LogP contribution < -0.4 is 0 Å². The lowest BCUT2D eigenvalue weighted by Gasteiger charge is -2.26. The molecule has 7 heteroatoms. The largest absolute Gasteiger partial charge is 0.308 e. The maximum absolute atomic E-state index is 13.1. The Balaban J connectivity index is 4.30. The van der Waals surface area contributed by atoms with Crippen molar-refractivity contribution in [3.05, 3.63) is 0 Å². The highest BCUT2D eigenvalue weighted by atomic mass is 19.3. The number of rotatable bonds is 6. The Morgan fingerprint density at radius 1 is 1.20 bits per heavy atom. The van der Waals surface area contributed by atoms with Crippen molar-refractivity contribution in [2.75, 3.05) is 6.67 Å². The molecule has 0 heterocycles. The molecule has 0 bridgehead atoms. The van der Waals surface area contributed by atoms with Crippen molar-refractivity contribution in [2.45, 2.75) is 44.6 Å². The molecule has 0 spiro atoms. The van der Waals surface area contributed by atoms with Gasteiger partial charge in [-0.05, 0) is 13.8 Å². The van der Waals surface area contributed by atoms with Gasteiger partial charge in [0.05, 0.1) is 6.42 Å². The van der Waals surface area contributed by atoms with Gasteiger partial charge < -0.3 is 4.74 Å². The summed E-state index contributed by atoms with van der Waals surface area (Å²) in [5, 5.41) is 0. The molecule has 0 aliphatic heterocycles. The van der Waals surface area contributed by atoms with Crippen LogP contribution in [0.25, 0.3) is 0 Å². The molecule has 15 heavy (non-hydrogen) atoms. The van der Waals surface area contributed by atoms with E-state index in [1.165, 1.54) is 0 Å². The van der Waals surface area contributed by atoms with Gasteiger partial charge >= 0.3 is 0 Å². The van der Waals surface area contributed by atoms with Gasteiger partial charge in [-0.3, -0.25) is 0 Å². The maximum atomic E-state index is 13.1. The van der Waals surface area contributed by atoms with Gasteiger partial charge in [0.2, 0.25) is 12.2 Å². The fourth-order valence-corrected chi connectivity index (χ4v) is 0.879. The fourth-order valence-electron chi connectivity index (χ4n) is 0.879. The lowest BCUT2D eigenvalue weighted by atomic mass is 10.1. The summed E-state index contributed by atoms with van der Waals surface area (Å²) in [6, 6.07) is 0. The van der Waals surface area contributed by atoms with Crippen LogP contribution in [0, 0.1) is 0 Å². The second kappa shape index (κ2) is 5.05. The highest BCUT2D eigenvalue weighted by Crippen LogP contribution is 2.32. The van der Waals surface area contributed by atoms with Gasteiger partial charge in [0.15, 0.2) is 12.8 Å². The quantitative estimate of drug-likeness (QED) is 0.645. The molecular formula is C8H12F6O. The van der Waals surface area contributed by atoms with Crippen molar-refractivity contribution in [2.24, 2.45) is 0 Å². The molecule has 92 valence electrons. The zero-order valence-corrected chi connectivity index (χ0v) is 8.24. The summed E-state index contributed by atoms with van der Waals surface area (Å²) in [4.78, 5) is 0. The van der Waals surface area contributed by atoms with Crippen LogP contribution in [0.1, 0.15) is 20.3 Å². The van der Waals surface area contributed by atoms with Crippen LogP contribution in [0.4, 0.5) is 26.3 Å². The molecule has 3 atom stereocenters. The predicted octanol–water partition coefficient (Wildman–Crippen LogP) is 3.34. The molecule has 0 fully saturated rings. The monoisotopic (exact) mass is 238 g/mol. The lowest BCUT2D eigenvalue weighted by molar-refractivity contribution is -0.248. The van der Waals surface area contributed by atoms with Crippen molar-refractivity contribution >= 4 is 0 Å². The minimum Gasteiger partial charge on any atom is -0.308 e. The zero-order chi connectivity index (χ0) is 12.3. The first-order chi connectivity index (χ1) is 6.59. The van der Waals surface area contributed by atoms with E-state index in [1.807, 2.05) is 0 Å². The van der Waals surface area contributed by atoms with E-state index in [1.54, 1.807) is 0 Å². The molecule has 0 aliphatic carbocycles. The summed E-state index contributed by atoms with van der Waals surface area (Å²) >= 11 is 0. The minimum absolute atomic E-state index is 0.492. The Hall–Kier alpha value is -0.460. The van der Waals surface area contributed by atoms with Gasteiger partial charge in [0, 0.05) is 0 Å². The molecule has 0 N–H and O–H groups in total. The smallest absolute Gasteiger partial charge is 0.281 e. The van der Waals surface area contributed by atoms with Crippen molar-refractivity contribution in [1.29, 1.82) is 0 Å². The number of hydrogen-bond donors (Lipinski definition) is 0. The molecule has 1 nitrogen and oxygen atoms in total. The summed E-state index contributed by atoms with van der Waals surface area (Å²) in [5.41, 5.74) is 0. The molecule has 0 radical (unpaired) electrons. The summed E-state index contributed by atoms with van der Waals surface area (Å²) in [7, 11) is 0. The highest BCUT2D eigenvalue weighted by molar-refractivity contribution is 4.75. The van der Waals surface area contributed by atoms with Crippen LogP contribution >= 0.6 is 0 Å². The van der Waals surface area contributed by atoms with Gasteiger partial charge in [-0.25, -0.2) is 26.3 Å². The van der Waals surface area contributed by atoms with Crippen LogP contribution in [-0.4, -0.2) is 31.0 Å². The van der Waals surface area contributed by atoms with Crippen LogP contribution in [0.2, 0.25) is 0 Å². The standard InChI is InChI=1S/C8H12F6O/c1-5(10)6(11)15-7(2,12)3-8(13,14)4-9/h5-6H,3-4H2,1-2H3. The average molecular weight is 238 g/mol. The van der Waals surface area contributed by atoms with Crippen molar-refractivity contribution in [3.8, 4) is 0 Å². The molecule has 0 aromatic carbocycles. The second-order valence-electron chi connectivity index (χ2n) is 3.41. The third-order valence-corrected chi connectivity index (χ3v) is 1.49. The lowest BCUT2D eigenvalue weighted by Crippen LogP contribution is -2.38. The Morgan fingerprint density at radius 3 is 2.00 bits per heavy atom. The Kier molecular flexibility index (Phi) is 4.89. The van der Waals surface area contributed by atoms with Gasteiger partial charge in [-0.1, -0.05) is 0 Å². The molecule has 0 amide bonds. The van der Waals surface area contributed by atoms with E-state index in [0.29, 0.717) is 6.92 Å². The van der Waals surface area contributed by atoms with Crippen LogP contribution in [0.3, 0.4) is 0 Å². The van der Waals surface area contributed by atoms with E-state index in [2.05, 4.69) is 4.74 Å². The summed E-state index contributed by atoms with van der Waals surface area (Å²) in [6.45, 7) is -0.850. The number of halogens is 6. The Bertz CT molecular complexity index is 194. The number of hydrogen-bond acceptors (Lipinski definition) is 1. The first-order valence-corrected chi connectivity index (χ1v) is 4.18. The van der Waals surface area contributed by atoms with E-state index >= 15 is 0 Å². The summed E-state index contributed by atoms with van der Waals surface area (Å²) < 4.78 is 78.1. The molecule has 0 aromatic heterocycles. The fraction of sp³-hybridized carbons (Fsp3) is 1.00. The van der Waals surface area contributed by atoms with E-state index in [0.717, 1.165) is 6.92 Å². The van der Waals surface area contributed by atoms with Crippen molar-refractivity contribution in [1.82, 2.24) is 0 Å². The van der Waals surface area contributed by atoms with Gasteiger partial charge in [0.1, 0.15) is 0 Å². The van der Waals surface area contributed by atoms with Gasteiger partial charge in [-0.2, -0.15) is 0 Å². The Morgan fingerprint density at radius 2 is 1.67 bits per heavy atom. The number of ether oxygens (including phenoxy) is 1. The first-order valence-electron chi connectivity index (χ1n) is 4.18. The molecule has 0 aromatic rings. The molecule has 0 rings (SSSR count). The number of alkyl halides is 6. The normalized spacial score (nSPS) is 20.8. The van der Waals surface area contributed by atoms with E-state index < -0.39 is 37.4 Å². The van der Waals surface area contributed by atoms with Crippen LogP contribution in [0.5, 0.6) is 0 Å². The van der Waals surface area contributed by atoms with Gasteiger partial charge in [0.25, 0.3) is 5.92 Å². The van der Waals surface area contributed by atoms with Crippen LogP contribution in [-0.2, 0) is 4.74 Å². The average Bonchev–Trinajstić information content (AvgIpc) is 2.01. The SMILES string of the molecule is CC(F)C(F)OC(C)(F)CC(F)(F)CF. The Labute approximate surface area is 83.4 Å². The molecular weight excluding hydrogens is 226 g/mol. The molecule has 3 unspecified atom stereocenters. The topological polar surface area (TPSA) is 9.23 Å². The van der Waals surface area contributed by atoms with E-state index in [-0.39, 0.29) is 0 Å². The molecule has 0 saturated carbocycles. The van der Waals surface area contributed by atoms with Crippen molar-refractivity contribution in [3.63, 3.8) is 0 Å². The summed E-state index contributed by atoms with van der Waals surface area (Å²) in [6.07, 6.45) is -6.47. The third-order valence-electron chi connectivity index (χ3n) is 1.49. The third kappa shape index (κ3) is 5.86. The summed E-state index contributed by atoms with van der Waals surface area (Å²) in [5.74, 6) is -7.07. The second-order valence-corrected chi connectivity index (χ2v) is 3.41. The molecule has 0 aliphatic rings. The minimum atomic E-state index is -3.96. The van der Waals surface area contributed by atoms with Gasteiger partial charge in [-0.15, -0.1) is 0 Å².